The van der Waals surface area contributed by atoms with Crippen LogP contribution in [0.2, 0.25) is 0 Å². The summed E-state index contributed by atoms with van der Waals surface area (Å²) in [7, 11) is 3.21. The van der Waals surface area contributed by atoms with E-state index < -0.39 is 11.9 Å². The van der Waals surface area contributed by atoms with Crippen molar-refractivity contribution in [2.45, 2.75) is 6.10 Å². The molecule has 3 N–H and O–H groups in total. The first kappa shape index (κ1) is 12.7. The smallest absolute Gasteiger partial charge is 0.148 e. The van der Waals surface area contributed by atoms with Crippen LogP contribution in [0, 0.1) is 5.82 Å². The van der Waals surface area contributed by atoms with Gasteiger partial charge in [0.05, 0.1) is 18.4 Å². The molecular formula is C11H17FN2O2. The number of anilines is 2. The van der Waals surface area contributed by atoms with Crippen LogP contribution in [0.25, 0.3) is 0 Å². The number of ether oxygens (including phenoxy) is 1. The average molecular weight is 228 g/mol. The SMILES string of the molecule is COCC(O)CN(C)c1ccc(N)cc1F. The fraction of sp³-hybridized carbons (Fsp3) is 0.455. The molecule has 0 fully saturated rings. The van der Waals surface area contributed by atoms with E-state index in [-0.39, 0.29) is 6.61 Å². The second kappa shape index (κ2) is 5.67. The monoisotopic (exact) mass is 228 g/mol. The Morgan fingerprint density at radius 2 is 2.25 bits per heavy atom. The molecule has 0 radical (unpaired) electrons. The van der Waals surface area contributed by atoms with E-state index in [1.807, 2.05) is 0 Å². The number of benzene rings is 1. The van der Waals surface area contributed by atoms with Crippen molar-refractivity contribution in [1.29, 1.82) is 0 Å². The Morgan fingerprint density at radius 3 is 2.81 bits per heavy atom. The molecule has 5 heteroatoms. The number of hydrogen-bond acceptors (Lipinski definition) is 4. The molecule has 0 aromatic heterocycles. The summed E-state index contributed by atoms with van der Waals surface area (Å²) in [6.45, 7) is 0.523. The summed E-state index contributed by atoms with van der Waals surface area (Å²) in [6.07, 6.45) is -0.646. The minimum atomic E-state index is -0.646. The molecule has 0 aliphatic rings. The zero-order chi connectivity index (χ0) is 12.1. The maximum Gasteiger partial charge on any atom is 0.148 e. The van der Waals surface area contributed by atoms with E-state index in [0.29, 0.717) is 17.9 Å². The van der Waals surface area contributed by atoms with Crippen LogP contribution in [0.4, 0.5) is 15.8 Å². The summed E-state index contributed by atoms with van der Waals surface area (Å²) < 4.78 is 18.3. The molecule has 0 spiro atoms. The van der Waals surface area contributed by atoms with Crippen LogP contribution in [0.5, 0.6) is 0 Å². The highest BCUT2D eigenvalue weighted by Crippen LogP contribution is 2.20. The number of hydrogen-bond donors (Lipinski definition) is 2. The predicted octanol–water partition coefficient (Wildman–Crippen LogP) is 0.851. The number of nitrogen functional groups attached to an aromatic ring is 1. The molecule has 1 atom stereocenters. The molecule has 0 heterocycles. The van der Waals surface area contributed by atoms with Gasteiger partial charge in [0.2, 0.25) is 0 Å². The molecule has 1 unspecified atom stereocenters. The Morgan fingerprint density at radius 1 is 1.56 bits per heavy atom. The van der Waals surface area contributed by atoms with Crippen LogP contribution < -0.4 is 10.6 Å². The lowest BCUT2D eigenvalue weighted by Gasteiger charge is -2.22. The first-order chi connectivity index (χ1) is 7.54. The lowest BCUT2D eigenvalue weighted by molar-refractivity contribution is 0.0694. The highest BCUT2D eigenvalue weighted by molar-refractivity contribution is 5.54. The molecule has 0 saturated carbocycles. The van der Waals surface area contributed by atoms with Gasteiger partial charge >= 0.3 is 0 Å². The topological polar surface area (TPSA) is 58.7 Å². The number of nitrogens with zero attached hydrogens (tertiary/aromatic N) is 1. The van der Waals surface area contributed by atoms with Crippen molar-refractivity contribution < 1.29 is 14.2 Å². The Labute approximate surface area is 94.4 Å². The highest BCUT2D eigenvalue weighted by Gasteiger charge is 2.12. The molecule has 90 valence electrons. The molecule has 0 bridgehead atoms. The van der Waals surface area contributed by atoms with Crippen LogP contribution in [-0.2, 0) is 4.74 Å². The van der Waals surface area contributed by atoms with E-state index in [0.717, 1.165) is 0 Å². The summed E-state index contributed by atoms with van der Waals surface area (Å²) in [5.74, 6) is -0.396. The lowest BCUT2D eigenvalue weighted by Crippen LogP contribution is -2.32. The summed E-state index contributed by atoms with van der Waals surface area (Å²) in [5, 5.41) is 9.51. The van der Waals surface area contributed by atoms with Gasteiger partial charge in [-0.1, -0.05) is 0 Å². The average Bonchev–Trinajstić information content (AvgIpc) is 2.17. The number of likely N-dealkylation sites (N-methyl/N-ethyl adjacent to an activating group) is 1. The molecule has 0 amide bonds. The van der Waals surface area contributed by atoms with E-state index in [1.165, 1.54) is 13.2 Å². The first-order valence-corrected chi connectivity index (χ1v) is 4.97. The third-order valence-electron chi connectivity index (χ3n) is 2.23. The van der Waals surface area contributed by atoms with Crippen molar-refractivity contribution in [1.82, 2.24) is 0 Å². The van der Waals surface area contributed by atoms with E-state index in [9.17, 15) is 9.50 Å². The normalized spacial score (nSPS) is 12.5. The van der Waals surface area contributed by atoms with Gasteiger partial charge in [-0.25, -0.2) is 4.39 Å². The van der Waals surface area contributed by atoms with Gasteiger partial charge in [-0.2, -0.15) is 0 Å². The molecule has 1 aromatic rings. The lowest BCUT2D eigenvalue weighted by atomic mass is 10.2. The number of halogens is 1. The Bertz CT molecular complexity index is 347. The maximum atomic E-state index is 13.5. The predicted molar refractivity (Wildman–Crippen MR) is 62.0 cm³/mol. The van der Waals surface area contributed by atoms with Crippen molar-refractivity contribution in [3.05, 3.63) is 24.0 Å². The zero-order valence-corrected chi connectivity index (χ0v) is 9.48. The van der Waals surface area contributed by atoms with E-state index in [2.05, 4.69) is 0 Å². The van der Waals surface area contributed by atoms with Gasteiger partial charge in [0, 0.05) is 26.4 Å². The number of aliphatic hydroxyl groups is 1. The largest absolute Gasteiger partial charge is 0.399 e. The van der Waals surface area contributed by atoms with Crippen LogP contribution >= 0.6 is 0 Å². The number of methoxy groups -OCH3 is 1. The number of nitrogens with two attached hydrogens (primary N) is 1. The zero-order valence-electron chi connectivity index (χ0n) is 9.48. The van der Waals surface area contributed by atoms with Crippen molar-refractivity contribution in [3.63, 3.8) is 0 Å². The van der Waals surface area contributed by atoms with Crippen molar-refractivity contribution in [2.75, 3.05) is 37.9 Å². The van der Waals surface area contributed by atoms with E-state index in [4.69, 9.17) is 10.5 Å². The minimum Gasteiger partial charge on any atom is -0.399 e. The Hall–Kier alpha value is -1.33. The second-order valence-electron chi connectivity index (χ2n) is 3.70. The van der Waals surface area contributed by atoms with Gasteiger partial charge in [0.15, 0.2) is 0 Å². The van der Waals surface area contributed by atoms with Gasteiger partial charge in [0.1, 0.15) is 5.82 Å². The number of aliphatic hydroxyl groups excluding tert-OH is 1. The summed E-state index contributed by atoms with van der Waals surface area (Å²) in [5.41, 5.74) is 6.24. The van der Waals surface area contributed by atoms with Gasteiger partial charge < -0.3 is 20.5 Å². The fourth-order valence-electron chi connectivity index (χ4n) is 1.49. The van der Waals surface area contributed by atoms with E-state index >= 15 is 0 Å². The van der Waals surface area contributed by atoms with Crippen LogP contribution in [0.3, 0.4) is 0 Å². The van der Waals surface area contributed by atoms with Crippen molar-refractivity contribution in [3.8, 4) is 0 Å². The highest BCUT2D eigenvalue weighted by atomic mass is 19.1. The van der Waals surface area contributed by atoms with Gasteiger partial charge in [0.25, 0.3) is 0 Å². The van der Waals surface area contributed by atoms with Gasteiger partial charge in [-0.05, 0) is 18.2 Å². The van der Waals surface area contributed by atoms with Crippen LogP contribution in [0.1, 0.15) is 0 Å². The van der Waals surface area contributed by atoms with Crippen molar-refractivity contribution in [2.24, 2.45) is 0 Å². The Kier molecular flexibility index (Phi) is 4.52. The fourth-order valence-corrected chi connectivity index (χ4v) is 1.49. The molecular weight excluding hydrogens is 211 g/mol. The second-order valence-corrected chi connectivity index (χ2v) is 3.70. The molecule has 4 nitrogen and oxygen atoms in total. The quantitative estimate of drug-likeness (QED) is 0.734. The van der Waals surface area contributed by atoms with E-state index in [1.54, 1.807) is 24.1 Å². The molecule has 16 heavy (non-hydrogen) atoms. The third kappa shape index (κ3) is 3.36. The molecule has 1 rings (SSSR count). The molecule has 0 saturated heterocycles. The summed E-state index contributed by atoms with van der Waals surface area (Å²) in [6, 6.07) is 4.47. The molecule has 1 aromatic carbocycles. The van der Waals surface area contributed by atoms with Gasteiger partial charge in [-0.15, -0.1) is 0 Å². The standard InChI is InChI=1S/C11H17FN2O2/c1-14(6-9(15)7-16-2)11-4-3-8(13)5-10(11)12/h3-5,9,15H,6-7,13H2,1-2H3. The van der Waals surface area contributed by atoms with Crippen LogP contribution in [0.15, 0.2) is 18.2 Å². The maximum absolute atomic E-state index is 13.5. The Balaban J connectivity index is 2.69. The first-order valence-electron chi connectivity index (χ1n) is 4.97. The summed E-state index contributed by atoms with van der Waals surface area (Å²) in [4.78, 5) is 1.62. The molecule has 0 aliphatic heterocycles. The summed E-state index contributed by atoms with van der Waals surface area (Å²) >= 11 is 0. The molecule has 0 aliphatic carbocycles. The third-order valence-corrected chi connectivity index (χ3v) is 2.23. The van der Waals surface area contributed by atoms with Gasteiger partial charge in [-0.3, -0.25) is 0 Å². The van der Waals surface area contributed by atoms with Crippen molar-refractivity contribution >= 4 is 11.4 Å². The number of rotatable bonds is 5. The van der Waals surface area contributed by atoms with Crippen LogP contribution in [-0.4, -0.2) is 38.5 Å². The minimum absolute atomic E-state index is 0.223.